The molecule has 0 aliphatic carbocycles. The van der Waals surface area contributed by atoms with Gasteiger partial charge in [-0.25, -0.2) is 4.79 Å². The third-order valence-corrected chi connectivity index (χ3v) is 3.85. The predicted octanol–water partition coefficient (Wildman–Crippen LogP) is 2.20. The molecule has 0 bridgehead atoms. The Morgan fingerprint density at radius 1 is 1.60 bits per heavy atom. The number of aromatic nitrogens is 2. The van der Waals surface area contributed by atoms with E-state index in [2.05, 4.69) is 12.0 Å². The molecule has 0 aliphatic rings. The second-order valence-corrected chi connectivity index (χ2v) is 4.79. The summed E-state index contributed by atoms with van der Waals surface area (Å²) in [4.78, 5) is 10.8. The van der Waals surface area contributed by atoms with Gasteiger partial charge >= 0.3 is 5.97 Å². The van der Waals surface area contributed by atoms with E-state index in [9.17, 15) is 4.79 Å². The Labute approximate surface area is 93.7 Å². The molecule has 0 saturated carbocycles. The fraction of sp³-hybridized carbons (Fsp3) is 0.600. The lowest BCUT2D eigenvalue weighted by atomic mass is 10.2. The van der Waals surface area contributed by atoms with Gasteiger partial charge in [0, 0.05) is 5.25 Å². The second-order valence-electron chi connectivity index (χ2n) is 3.57. The molecule has 0 aliphatic heterocycles. The predicted molar refractivity (Wildman–Crippen MR) is 61.6 cm³/mol. The summed E-state index contributed by atoms with van der Waals surface area (Å²) in [5, 5.41) is 13.4. The second kappa shape index (κ2) is 4.70. The van der Waals surface area contributed by atoms with Crippen molar-refractivity contribution in [1.82, 2.24) is 9.78 Å². The van der Waals surface area contributed by atoms with Crippen molar-refractivity contribution in [3.8, 4) is 0 Å². The third kappa shape index (κ3) is 2.34. The van der Waals surface area contributed by atoms with Gasteiger partial charge in [-0.2, -0.15) is 16.9 Å². The van der Waals surface area contributed by atoms with Crippen molar-refractivity contribution in [3.63, 3.8) is 0 Å². The maximum Gasteiger partial charge on any atom is 0.339 e. The molecule has 0 saturated heterocycles. The zero-order valence-corrected chi connectivity index (χ0v) is 10.2. The van der Waals surface area contributed by atoms with E-state index in [4.69, 9.17) is 5.11 Å². The summed E-state index contributed by atoms with van der Waals surface area (Å²) in [6, 6.07) is 0.202. The number of carboxylic acid groups (broad SMARTS) is 1. The monoisotopic (exact) mass is 228 g/mol. The first kappa shape index (κ1) is 12.1. The molecule has 1 N–H and O–H groups in total. The molecule has 15 heavy (non-hydrogen) atoms. The fourth-order valence-electron chi connectivity index (χ4n) is 1.44. The molecule has 84 valence electrons. The standard InChI is InChI=1S/C10H16N2O2S/c1-6(8(3)15-4)12-7(2)9(5-11-12)10(13)14/h5-6,8H,1-4H3,(H,13,14). The van der Waals surface area contributed by atoms with E-state index in [-0.39, 0.29) is 11.6 Å². The number of thioether (sulfide) groups is 1. The summed E-state index contributed by atoms with van der Waals surface area (Å²) < 4.78 is 1.78. The summed E-state index contributed by atoms with van der Waals surface area (Å²) in [6.45, 7) is 5.95. The lowest BCUT2D eigenvalue weighted by molar-refractivity contribution is 0.0696. The molecule has 0 spiro atoms. The molecule has 0 amide bonds. The molecule has 1 rings (SSSR count). The summed E-state index contributed by atoms with van der Waals surface area (Å²) >= 11 is 1.75. The molecule has 1 heterocycles. The van der Waals surface area contributed by atoms with Gasteiger partial charge in [-0.3, -0.25) is 4.68 Å². The van der Waals surface area contributed by atoms with Gasteiger partial charge in [0.2, 0.25) is 0 Å². The van der Waals surface area contributed by atoms with Crippen LogP contribution in [0.25, 0.3) is 0 Å². The van der Waals surface area contributed by atoms with Crippen LogP contribution in [0.1, 0.15) is 35.9 Å². The van der Waals surface area contributed by atoms with E-state index in [0.29, 0.717) is 5.25 Å². The van der Waals surface area contributed by atoms with Gasteiger partial charge in [0.25, 0.3) is 0 Å². The fourth-order valence-corrected chi connectivity index (χ4v) is 1.95. The van der Waals surface area contributed by atoms with E-state index in [1.54, 1.807) is 23.4 Å². The van der Waals surface area contributed by atoms with Crippen molar-refractivity contribution in [2.24, 2.45) is 0 Å². The Hall–Kier alpha value is -0.970. The lowest BCUT2D eigenvalue weighted by Gasteiger charge is -2.19. The zero-order valence-electron chi connectivity index (χ0n) is 9.39. The van der Waals surface area contributed by atoms with Crippen molar-refractivity contribution in [2.75, 3.05) is 6.26 Å². The highest BCUT2D eigenvalue weighted by atomic mass is 32.2. The third-order valence-electron chi connectivity index (χ3n) is 2.71. The molecule has 2 atom stereocenters. The van der Waals surface area contributed by atoms with Gasteiger partial charge in [-0.15, -0.1) is 0 Å². The van der Waals surface area contributed by atoms with Crippen molar-refractivity contribution in [2.45, 2.75) is 32.1 Å². The lowest BCUT2D eigenvalue weighted by Crippen LogP contribution is -2.18. The summed E-state index contributed by atoms with van der Waals surface area (Å²) in [5.41, 5.74) is 1.01. The van der Waals surface area contributed by atoms with Crippen LogP contribution >= 0.6 is 11.8 Å². The molecule has 0 fully saturated rings. The van der Waals surface area contributed by atoms with Crippen LogP contribution in [0.4, 0.5) is 0 Å². The largest absolute Gasteiger partial charge is 0.478 e. The number of carbonyl (C=O) groups is 1. The average molecular weight is 228 g/mol. The van der Waals surface area contributed by atoms with Crippen LogP contribution in [0.15, 0.2) is 6.20 Å². The van der Waals surface area contributed by atoms with Gasteiger partial charge in [-0.1, -0.05) is 6.92 Å². The van der Waals surface area contributed by atoms with Crippen molar-refractivity contribution in [1.29, 1.82) is 0 Å². The highest BCUT2D eigenvalue weighted by Crippen LogP contribution is 2.23. The SMILES string of the molecule is CSC(C)C(C)n1ncc(C(=O)O)c1C. The number of carboxylic acids is 1. The Bertz CT molecular complexity index is 362. The van der Waals surface area contributed by atoms with Gasteiger partial charge in [0.05, 0.1) is 17.9 Å². The number of nitrogens with zero attached hydrogens (tertiary/aromatic N) is 2. The minimum absolute atomic E-state index is 0.202. The smallest absolute Gasteiger partial charge is 0.339 e. The van der Waals surface area contributed by atoms with Crippen molar-refractivity contribution >= 4 is 17.7 Å². The summed E-state index contributed by atoms with van der Waals surface area (Å²) in [6.07, 6.45) is 3.46. The molecule has 2 unspecified atom stereocenters. The van der Waals surface area contributed by atoms with Crippen LogP contribution in [-0.2, 0) is 0 Å². The van der Waals surface area contributed by atoms with E-state index in [0.717, 1.165) is 5.69 Å². The molecule has 1 aromatic rings. The highest BCUT2D eigenvalue weighted by molar-refractivity contribution is 7.99. The summed E-state index contributed by atoms with van der Waals surface area (Å²) in [5.74, 6) is -0.914. The Morgan fingerprint density at radius 2 is 2.20 bits per heavy atom. The van der Waals surface area contributed by atoms with Crippen LogP contribution < -0.4 is 0 Å². The highest BCUT2D eigenvalue weighted by Gasteiger charge is 2.19. The van der Waals surface area contributed by atoms with E-state index in [1.807, 2.05) is 13.2 Å². The minimum atomic E-state index is -0.914. The Kier molecular flexibility index (Phi) is 3.79. The number of hydrogen-bond acceptors (Lipinski definition) is 3. The molecular formula is C10H16N2O2S. The van der Waals surface area contributed by atoms with E-state index >= 15 is 0 Å². The Morgan fingerprint density at radius 3 is 2.60 bits per heavy atom. The van der Waals surface area contributed by atoms with Crippen LogP contribution in [0.3, 0.4) is 0 Å². The Balaban J connectivity index is 3.01. The topological polar surface area (TPSA) is 55.1 Å². The van der Waals surface area contributed by atoms with Crippen LogP contribution in [-0.4, -0.2) is 32.4 Å². The maximum atomic E-state index is 10.8. The van der Waals surface area contributed by atoms with E-state index in [1.165, 1.54) is 6.20 Å². The first-order valence-corrected chi connectivity index (χ1v) is 6.08. The summed E-state index contributed by atoms with van der Waals surface area (Å²) in [7, 11) is 0. The van der Waals surface area contributed by atoms with Crippen molar-refractivity contribution in [3.05, 3.63) is 17.5 Å². The average Bonchev–Trinajstić information content (AvgIpc) is 2.57. The first-order valence-electron chi connectivity index (χ1n) is 4.79. The molecule has 4 nitrogen and oxygen atoms in total. The first-order chi connectivity index (χ1) is 6.99. The minimum Gasteiger partial charge on any atom is -0.478 e. The maximum absolute atomic E-state index is 10.8. The molecule has 0 radical (unpaired) electrons. The van der Waals surface area contributed by atoms with Crippen molar-refractivity contribution < 1.29 is 9.90 Å². The van der Waals surface area contributed by atoms with Gasteiger partial charge in [0.15, 0.2) is 0 Å². The van der Waals surface area contributed by atoms with Crippen LogP contribution in [0.2, 0.25) is 0 Å². The molecule has 5 heteroatoms. The van der Waals surface area contributed by atoms with E-state index < -0.39 is 5.97 Å². The van der Waals surface area contributed by atoms with Crippen LogP contribution in [0, 0.1) is 6.92 Å². The number of aromatic carboxylic acids is 1. The quantitative estimate of drug-likeness (QED) is 0.858. The zero-order chi connectivity index (χ0) is 11.6. The van der Waals surface area contributed by atoms with Gasteiger partial charge in [-0.05, 0) is 20.1 Å². The van der Waals surface area contributed by atoms with Crippen LogP contribution in [0.5, 0.6) is 0 Å². The normalized spacial score (nSPS) is 14.9. The van der Waals surface area contributed by atoms with Gasteiger partial charge in [0.1, 0.15) is 5.56 Å². The number of hydrogen-bond donors (Lipinski definition) is 1. The molecular weight excluding hydrogens is 212 g/mol. The molecule has 0 aromatic carbocycles. The van der Waals surface area contributed by atoms with Gasteiger partial charge < -0.3 is 5.11 Å². The number of rotatable bonds is 4. The molecule has 1 aromatic heterocycles.